The van der Waals surface area contributed by atoms with E-state index in [1.807, 2.05) is 7.11 Å². The van der Waals surface area contributed by atoms with Crippen molar-refractivity contribution in [2.75, 3.05) is 20.3 Å². The van der Waals surface area contributed by atoms with Crippen LogP contribution in [0, 0.1) is 17.3 Å². The lowest BCUT2D eigenvalue weighted by Crippen LogP contribution is -2.72. The van der Waals surface area contributed by atoms with Gasteiger partial charge in [-0.05, 0) is 38.0 Å². The summed E-state index contributed by atoms with van der Waals surface area (Å²) >= 11 is 0. The lowest BCUT2D eigenvalue weighted by molar-refractivity contribution is -0.179. The van der Waals surface area contributed by atoms with Gasteiger partial charge in [-0.25, -0.2) is 0 Å². The second-order valence-electron chi connectivity index (χ2n) is 6.87. The maximum Gasteiger partial charge on any atom is 0.0690 e. The quantitative estimate of drug-likeness (QED) is 0.810. The molecule has 1 spiro atoms. The minimum absolute atomic E-state index is 0.516. The van der Waals surface area contributed by atoms with E-state index in [-0.39, 0.29) is 0 Å². The van der Waals surface area contributed by atoms with Crippen molar-refractivity contribution < 1.29 is 9.47 Å². The molecule has 3 heteroatoms. The van der Waals surface area contributed by atoms with Crippen LogP contribution in [0.25, 0.3) is 0 Å². The van der Waals surface area contributed by atoms with Crippen LogP contribution in [0.3, 0.4) is 0 Å². The Morgan fingerprint density at radius 1 is 1.33 bits per heavy atom. The van der Waals surface area contributed by atoms with Crippen LogP contribution in [-0.4, -0.2) is 38.5 Å². The van der Waals surface area contributed by atoms with E-state index in [9.17, 15) is 0 Å². The molecular formula is C15H25NO2. The molecule has 102 valence electrons. The van der Waals surface area contributed by atoms with Crippen molar-refractivity contribution in [2.45, 2.75) is 56.7 Å². The van der Waals surface area contributed by atoms with E-state index >= 15 is 0 Å². The number of rotatable bonds is 5. The molecule has 0 amide bonds. The Morgan fingerprint density at radius 3 is 2.78 bits per heavy atom. The first kappa shape index (κ1) is 11.7. The zero-order valence-corrected chi connectivity index (χ0v) is 11.4. The molecular weight excluding hydrogens is 226 g/mol. The van der Waals surface area contributed by atoms with Gasteiger partial charge in [0, 0.05) is 37.1 Å². The second-order valence-corrected chi connectivity index (χ2v) is 6.87. The van der Waals surface area contributed by atoms with Gasteiger partial charge >= 0.3 is 0 Å². The third-order valence-electron chi connectivity index (χ3n) is 5.97. The average Bonchev–Trinajstić information content (AvgIpc) is 3.05. The van der Waals surface area contributed by atoms with E-state index in [0.717, 1.165) is 31.1 Å². The van der Waals surface area contributed by atoms with Crippen molar-refractivity contribution in [2.24, 2.45) is 17.3 Å². The molecule has 3 aliphatic carbocycles. The number of methoxy groups -OCH3 is 1. The van der Waals surface area contributed by atoms with Crippen LogP contribution in [0.4, 0.5) is 0 Å². The van der Waals surface area contributed by atoms with Crippen LogP contribution in [0.2, 0.25) is 0 Å². The lowest BCUT2D eigenvalue weighted by atomic mass is 9.46. The number of hydrogen-bond donors (Lipinski definition) is 1. The molecule has 4 aliphatic rings. The summed E-state index contributed by atoms with van der Waals surface area (Å²) in [6.07, 6.45) is 8.83. The zero-order valence-electron chi connectivity index (χ0n) is 11.4. The minimum atomic E-state index is 0.516. The van der Waals surface area contributed by atoms with E-state index < -0.39 is 0 Å². The molecule has 3 saturated carbocycles. The highest BCUT2D eigenvalue weighted by Gasteiger charge is 2.66. The average molecular weight is 251 g/mol. The van der Waals surface area contributed by atoms with Crippen molar-refractivity contribution in [3.05, 3.63) is 0 Å². The summed E-state index contributed by atoms with van der Waals surface area (Å²) in [4.78, 5) is 0. The topological polar surface area (TPSA) is 30.5 Å². The Labute approximate surface area is 110 Å². The number of hydrogen-bond acceptors (Lipinski definition) is 3. The van der Waals surface area contributed by atoms with Gasteiger partial charge in [0.2, 0.25) is 0 Å². The van der Waals surface area contributed by atoms with Crippen LogP contribution in [-0.2, 0) is 9.47 Å². The first-order valence-corrected chi connectivity index (χ1v) is 7.72. The molecule has 4 unspecified atom stereocenters. The molecule has 1 N–H and O–H groups in total. The number of ether oxygens (including phenoxy) is 2. The van der Waals surface area contributed by atoms with Gasteiger partial charge in [0.05, 0.1) is 12.7 Å². The van der Waals surface area contributed by atoms with Crippen molar-refractivity contribution in [3.8, 4) is 0 Å². The maximum atomic E-state index is 5.99. The van der Waals surface area contributed by atoms with E-state index in [1.54, 1.807) is 0 Å². The van der Waals surface area contributed by atoms with Crippen LogP contribution in [0.1, 0.15) is 38.5 Å². The summed E-state index contributed by atoms with van der Waals surface area (Å²) in [5.74, 6) is 1.67. The Morgan fingerprint density at radius 2 is 2.17 bits per heavy atom. The summed E-state index contributed by atoms with van der Waals surface area (Å²) in [5, 5.41) is 3.98. The summed E-state index contributed by atoms with van der Waals surface area (Å²) in [5.41, 5.74) is 0.516. The molecule has 4 fully saturated rings. The van der Waals surface area contributed by atoms with Gasteiger partial charge in [-0.3, -0.25) is 0 Å². The Kier molecular flexibility index (Phi) is 2.72. The van der Waals surface area contributed by atoms with E-state index in [0.29, 0.717) is 17.6 Å². The van der Waals surface area contributed by atoms with E-state index in [2.05, 4.69) is 5.32 Å². The summed E-state index contributed by atoms with van der Waals surface area (Å²) < 4.78 is 11.4. The van der Waals surface area contributed by atoms with Crippen LogP contribution in [0.15, 0.2) is 0 Å². The SMILES string of the molecule is COCC(NC1C2CCOC2C12CCC2)C1CC1. The highest BCUT2D eigenvalue weighted by atomic mass is 16.5. The smallest absolute Gasteiger partial charge is 0.0690 e. The Bertz CT molecular complexity index is 324. The zero-order chi connectivity index (χ0) is 12.2. The lowest BCUT2D eigenvalue weighted by Gasteiger charge is -2.64. The second kappa shape index (κ2) is 4.19. The molecule has 0 radical (unpaired) electrons. The van der Waals surface area contributed by atoms with Gasteiger partial charge in [-0.1, -0.05) is 6.42 Å². The largest absolute Gasteiger partial charge is 0.383 e. The first-order valence-electron chi connectivity index (χ1n) is 7.72. The van der Waals surface area contributed by atoms with Gasteiger partial charge in [-0.15, -0.1) is 0 Å². The van der Waals surface area contributed by atoms with Gasteiger partial charge in [0.15, 0.2) is 0 Å². The van der Waals surface area contributed by atoms with Gasteiger partial charge < -0.3 is 14.8 Å². The van der Waals surface area contributed by atoms with Crippen LogP contribution >= 0.6 is 0 Å². The molecule has 0 aromatic rings. The highest BCUT2D eigenvalue weighted by molar-refractivity contribution is 5.19. The molecule has 1 aliphatic heterocycles. The fraction of sp³-hybridized carbons (Fsp3) is 1.00. The predicted molar refractivity (Wildman–Crippen MR) is 69.4 cm³/mol. The fourth-order valence-electron chi connectivity index (χ4n) is 4.72. The predicted octanol–water partition coefficient (Wildman–Crippen LogP) is 1.96. The van der Waals surface area contributed by atoms with Gasteiger partial charge in [0.1, 0.15) is 0 Å². The number of fused-ring (bicyclic) bond motifs is 2. The molecule has 0 bridgehead atoms. The van der Waals surface area contributed by atoms with E-state index in [1.165, 1.54) is 38.5 Å². The van der Waals surface area contributed by atoms with Crippen molar-refractivity contribution in [1.29, 1.82) is 0 Å². The highest BCUT2D eigenvalue weighted by Crippen LogP contribution is 2.63. The molecule has 1 heterocycles. The summed E-state index contributed by atoms with van der Waals surface area (Å²) in [7, 11) is 1.83. The fourth-order valence-corrected chi connectivity index (χ4v) is 4.72. The summed E-state index contributed by atoms with van der Waals surface area (Å²) in [6.45, 7) is 1.88. The standard InChI is InChI=1S/C15H25NO2/c1-17-9-12(10-3-4-10)16-13-11-5-8-18-14(11)15(13)6-2-7-15/h10-14,16H,2-9H2,1H3. The monoisotopic (exact) mass is 251 g/mol. The summed E-state index contributed by atoms with van der Waals surface area (Å²) in [6, 6.07) is 1.32. The van der Waals surface area contributed by atoms with Crippen LogP contribution < -0.4 is 5.32 Å². The Balaban J connectivity index is 1.46. The maximum absolute atomic E-state index is 5.99. The third kappa shape index (κ3) is 1.53. The van der Waals surface area contributed by atoms with Crippen molar-refractivity contribution in [1.82, 2.24) is 5.32 Å². The van der Waals surface area contributed by atoms with E-state index in [4.69, 9.17) is 9.47 Å². The van der Waals surface area contributed by atoms with Gasteiger partial charge in [0.25, 0.3) is 0 Å². The van der Waals surface area contributed by atoms with Crippen LogP contribution in [0.5, 0.6) is 0 Å². The molecule has 4 atom stereocenters. The Hall–Kier alpha value is -0.120. The first-order chi connectivity index (χ1) is 8.85. The normalized spacial score (nSPS) is 42.2. The van der Waals surface area contributed by atoms with Gasteiger partial charge in [-0.2, -0.15) is 0 Å². The molecule has 0 aromatic carbocycles. The van der Waals surface area contributed by atoms with Crippen molar-refractivity contribution in [3.63, 3.8) is 0 Å². The molecule has 3 nitrogen and oxygen atoms in total. The molecule has 0 aromatic heterocycles. The van der Waals surface area contributed by atoms with Crippen molar-refractivity contribution >= 4 is 0 Å². The molecule has 1 saturated heterocycles. The number of nitrogens with one attached hydrogen (secondary N) is 1. The minimum Gasteiger partial charge on any atom is -0.383 e. The third-order valence-corrected chi connectivity index (χ3v) is 5.97. The molecule has 4 rings (SSSR count). The molecule has 18 heavy (non-hydrogen) atoms.